The van der Waals surface area contributed by atoms with E-state index in [1.54, 1.807) is 53.6 Å². The second kappa shape index (κ2) is 7.85. The monoisotopic (exact) mass is 398 g/mol. The van der Waals surface area contributed by atoms with Crippen molar-refractivity contribution < 1.29 is 4.79 Å². The number of anilines is 1. The van der Waals surface area contributed by atoms with E-state index in [1.165, 1.54) is 4.68 Å². The van der Waals surface area contributed by atoms with Gasteiger partial charge < -0.3 is 10.2 Å². The predicted molar refractivity (Wildman–Crippen MR) is 106 cm³/mol. The molecule has 9 heteroatoms. The Morgan fingerprint density at radius 1 is 1.14 bits per heavy atom. The Kier molecular flexibility index (Phi) is 5.12. The second-order valence-electron chi connectivity index (χ2n) is 6.61. The van der Waals surface area contributed by atoms with Crippen LogP contribution in [-0.4, -0.2) is 43.8 Å². The van der Waals surface area contributed by atoms with Gasteiger partial charge in [0.2, 0.25) is 0 Å². The van der Waals surface area contributed by atoms with Crippen molar-refractivity contribution >= 4 is 23.3 Å². The Hall–Kier alpha value is -3.13. The number of aromatic nitrogens is 4. The SMILES string of the molecule is O=C(Nc1ccc(Cl)cc1)N1CCC(c2nn(-c3ccccn3)c(=O)[nH]2)CC1. The van der Waals surface area contributed by atoms with Gasteiger partial charge in [0, 0.05) is 35.9 Å². The first-order chi connectivity index (χ1) is 13.6. The molecule has 1 aliphatic rings. The van der Waals surface area contributed by atoms with Gasteiger partial charge in [0.05, 0.1) is 0 Å². The number of nitrogens with zero attached hydrogens (tertiary/aromatic N) is 4. The molecule has 3 aromatic rings. The highest BCUT2D eigenvalue weighted by molar-refractivity contribution is 6.30. The maximum absolute atomic E-state index is 12.4. The number of rotatable bonds is 3. The summed E-state index contributed by atoms with van der Waals surface area (Å²) in [6.45, 7) is 1.17. The van der Waals surface area contributed by atoms with E-state index in [1.807, 2.05) is 0 Å². The molecule has 2 amide bonds. The number of hydrogen-bond donors (Lipinski definition) is 2. The Balaban J connectivity index is 1.38. The van der Waals surface area contributed by atoms with Crippen LogP contribution in [0.15, 0.2) is 53.5 Å². The number of nitrogens with one attached hydrogen (secondary N) is 2. The molecule has 28 heavy (non-hydrogen) atoms. The second-order valence-corrected chi connectivity index (χ2v) is 7.05. The summed E-state index contributed by atoms with van der Waals surface area (Å²) >= 11 is 5.86. The van der Waals surface area contributed by atoms with Crippen LogP contribution >= 0.6 is 11.6 Å². The fourth-order valence-corrected chi connectivity index (χ4v) is 3.38. The molecular weight excluding hydrogens is 380 g/mol. The number of pyridine rings is 1. The first-order valence-corrected chi connectivity index (χ1v) is 9.40. The van der Waals surface area contributed by atoms with Gasteiger partial charge in [-0.15, -0.1) is 5.10 Å². The fourth-order valence-electron chi connectivity index (χ4n) is 3.25. The smallest absolute Gasteiger partial charge is 0.324 e. The van der Waals surface area contributed by atoms with E-state index in [2.05, 4.69) is 20.4 Å². The predicted octanol–water partition coefficient (Wildman–Crippen LogP) is 3.02. The molecule has 0 atom stereocenters. The fraction of sp³-hybridized carbons (Fsp3) is 0.263. The van der Waals surface area contributed by atoms with Crippen molar-refractivity contribution in [3.8, 4) is 5.82 Å². The number of amides is 2. The van der Waals surface area contributed by atoms with Crippen molar-refractivity contribution in [3.63, 3.8) is 0 Å². The molecule has 0 aliphatic carbocycles. The van der Waals surface area contributed by atoms with Crippen LogP contribution in [-0.2, 0) is 0 Å². The number of carbonyl (C=O) groups excluding carboxylic acids is 1. The molecule has 0 unspecified atom stereocenters. The molecule has 8 nitrogen and oxygen atoms in total. The topological polar surface area (TPSA) is 95.9 Å². The molecule has 2 N–H and O–H groups in total. The van der Waals surface area contributed by atoms with E-state index in [0.717, 1.165) is 12.8 Å². The van der Waals surface area contributed by atoms with E-state index < -0.39 is 0 Å². The summed E-state index contributed by atoms with van der Waals surface area (Å²) in [7, 11) is 0. The van der Waals surface area contributed by atoms with Crippen molar-refractivity contribution in [1.82, 2.24) is 24.6 Å². The van der Waals surface area contributed by atoms with Crippen molar-refractivity contribution in [2.75, 3.05) is 18.4 Å². The lowest BCUT2D eigenvalue weighted by molar-refractivity contribution is 0.193. The molecule has 0 spiro atoms. The Morgan fingerprint density at radius 3 is 2.57 bits per heavy atom. The first kappa shape index (κ1) is 18.2. The number of carbonyl (C=O) groups is 1. The lowest BCUT2D eigenvalue weighted by Gasteiger charge is -2.31. The van der Waals surface area contributed by atoms with E-state index in [9.17, 15) is 9.59 Å². The number of urea groups is 1. The van der Waals surface area contributed by atoms with Crippen LogP contribution in [0.5, 0.6) is 0 Å². The molecule has 3 heterocycles. The van der Waals surface area contributed by atoms with Gasteiger partial charge in [0.25, 0.3) is 0 Å². The summed E-state index contributed by atoms with van der Waals surface area (Å²) in [6.07, 6.45) is 3.07. The van der Waals surface area contributed by atoms with Crippen LogP contribution in [0.1, 0.15) is 24.6 Å². The standard InChI is InChI=1S/C19H19ClN6O2/c20-14-4-6-15(7-5-14)22-18(27)25-11-8-13(9-12-25)17-23-19(28)26(24-17)16-3-1-2-10-21-16/h1-7,10,13H,8-9,11-12H2,(H,22,27)(H,23,24,28). The summed E-state index contributed by atoms with van der Waals surface area (Å²) in [6, 6.07) is 12.2. The van der Waals surface area contributed by atoms with E-state index in [0.29, 0.717) is 35.4 Å². The molecular formula is C19H19ClN6O2. The van der Waals surface area contributed by atoms with Crippen LogP contribution in [0.25, 0.3) is 5.82 Å². The highest BCUT2D eigenvalue weighted by Gasteiger charge is 2.26. The van der Waals surface area contributed by atoms with Gasteiger partial charge in [-0.25, -0.2) is 14.6 Å². The third-order valence-corrected chi connectivity index (χ3v) is 5.02. The van der Waals surface area contributed by atoms with Gasteiger partial charge in [0.1, 0.15) is 5.82 Å². The van der Waals surface area contributed by atoms with Gasteiger partial charge in [0.15, 0.2) is 5.82 Å². The molecule has 0 radical (unpaired) electrons. The van der Waals surface area contributed by atoms with Crippen molar-refractivity contribution in [2.45, 2.75) is 18.8 Å². The molecule has 2 aromatic heterocycles. The molecule has 1 fully saturated rings. The number of benzene rings is 1. The zero-order valence-corrected chi connectivity index (χ0v) is 15.8. The minimum Gasteiger partial charge on any atom is -0.324 e. The quantitative estimate of drug-likeness (QED) is 0.708. The summed E-state index contributed by atoms with van der Waals surface area (Å²) in [4.78, 5) is 33.4. The van der Waals surface area contributed by atoms with Crippen LogP contribution in [0.3, 0.4) is 0 Å². The van der Waals surface area contributed by atoms with Gasteiger partial charge >= 0.3 is 11.7 Å². The van der Waals surface area contributed by atoms with E-state index in [4.69, 9.17) is 11.6 Å². The Labute approximate surface area is 166 Å². The summed E-state index contributed by atoms with van der Waals surface area (Å²) < 4.78 is 1.27. The van der Waals surface area contributed by atoms with Gasteiger partial charge in [-0.1, -0.05) is 17.7 Å². The van der Waals surface area contributed by atoms with Crippen molar-refractivity contribution in [2.24, 2.45) is 0 Å². The summed E-state index contributed by atoms with van der Waals surface area (Å²) in [5.74, 6) is 1.21. The third kappa shape index (κ3) is 3.91. The Morgan fingerprint density at radius 2 is 1.89 bits per heavy atom. The van der Waals surface area contributed by atoms with Crippen LogP contribution in [0, 0.1) is 0 Å². The number of halogens is 1. The minimum absolute atomic E-state index is 0.0947. The number of piperidine rings is 1. The van der Waals surface area contributed by atoms with Gasteiger partial charge in [-0.2, -0.15) is 4.68 Å². The molecule has 0 bridgehead atoms. The lowest BCUT2D eigenvalue weighted by Crippen LogP contribution is -2.40. The van der Waals surface area contributed by atoms with Crippen LogP contribution in [0.4, 0.5) is 10.5 Å². The largest absolute Gasteiger partial charge is 0.349 e. The average Bonchev–Trinajstić information content (AvgIpc) is 3.12. The van der Waals surface area contributed by atoms with Crippen molar-refractivity contribution in [3.05, 3.63) is 70.0 Å². The molecule has 1 aliphatic heterocycles. The number of aromatic amines is 1. The number of H-pyrrole nitrogens is 1. The highest BCUT2D eigenvalue weighted by Crippen LogP contribution is 2.25. The average molecular weight is 399 g/mol. The normalized spacial score (nSPS) is 14.8. The van der Waals surface area contributed by atoms with Crippen LogP contribution in [0.2, 0.25) is 5.02 Å². The molecule has 0 saturated carbocycles. The van der Waals surface area contributed by atoms with Gasteiger partial charge in [-0.3, -0.25) is 4.98 Å². The highest BCUT2D eigenvalue weighted by atomic mass is 35.5. The van der Waals surface area contributed by atoms with Crippen LogP contribution < -0.4 is 11.0 Å². The minimum atomic E-state index is -0.309. The third-order valence-electron chi connectivity index (χ3n) is 4.77. The zero-order chi connectivity index (χ0) is 19.5. The molecule has 1 aromatic carbocycles. The number of likely N-dealkylation sites (tertiary alicyclic amines) is 1. The molecule has 1 saturated heterocycles. The molecule has 144 valence electrons. The van der Waals surface area contributed by atoms with E-state index in [-0.39, 0.29) is 17.6 Å². The van der Waals surface area contributed by atoms with E-state index >= 15 is 0 Å². The zero-order valence-electron chi connectivity index (χ0n) is 15.0. The van der Waals surface area contributed by atoms with Crippen molar-refractivity contribution in [1.29, 1.82) is 0 Å². The Bertz CT molecular complexity index is 1010. The first-order valence-electron chi connectivity index (χ1n) is 9.02. The summed E-state index contributed by atoms with van der Waals surface area (Å²) in [5.41, 5.74) is 0.395. The molecule has 4 rings (SSSR count). The maximum atomic E-state index is 12.4. The summed E-state index contributed by atoms with van der Waals surface area (Å²) in [5, 5.41) is 7.90. The number of hydrogen-bond acceptors (Lipinski definition) is 4. The lowest BCUT2D eigenvalue weighted by atomic mass is 9.96. The van der Waals surface area contributed by atoms with Gasteiger partial charge in [-0.05, 0) is 49.2 Å². The maximum Gasteiger partial charge on any atom is 0.349 e.